The van der Waals surface area contributed by atoms with Crippen LogP contribution in [0.2, 0.25) is 5.02 Å². The smallest absolute Gasteiger partial charge is 0.342 e. The van der Waals surface area contributed by atoms with Crippen LogP contribution in [0.3, 0.4) is 0 Å². The Kier molecular flexibility index (Phi) is 5.82. The molecule has 0 saturated carbocycles. The van der Waals surface area contributed by atoms with Crippen molar-refractivity contribution in [2.24, 2.45) is 0 Å². The summed E-state index contributed by atoms with van der Waals surface area (Å²) in [5, 5.41) is 11.4. The number of ether oxygens (including phenoxy) is 2. The molecule has 1 amide bonds. The van der Waals surface area contributed by atoms with E-state index in [9.17, 15) is 9.59 Å². The number of hydrogen-bond donors (Lipinski definition) is 2. The van der Waals surface area contributed by atoms with Gasteiger partial charge in [-0.2, -0.15) is 5.26 Å². The van der Waals surface area contributed by atoms with Crippen molar-refractivity contribution in [1.82, 2.24) is 0 Å². The number of benzene rings is 2. The molecule has 128 valence electrons. The van der Waals surface area contributed by atoms with Gasteiger partial charge >= 0.3 is 5.97 Å². The largest absolute Gasteiger partial charge is 0.496 e. The maximum absolute atomic E-state index is 12.1. The Morgan fingerprint density at radius 1 is 1.28 bits per heavy atom. The molecule has 0 fully saturated rings. The highest BCUT2D eigenvalue weighted by Crippen LogP contribution is 2.29. The number of nitrogens with one attached hydrogen (secondary N) is 1. The molecule has 2 aromatic rings. The van der Waals surface area contributed by atoms with Crippen molar-refractivity contribution in [3.63, 3.8) is 0 Å². The van der Waals surface area contributed by atoms with Gasteiger partial charge in [0.1, 0.15) is 11.3 Å². The van der Waals surface area contributed by atoms with Crippen LogP contribution in [0, 0.1) is 11.3 Å². The van der Waals surface area contributed by atoms with Crippen molar-refractivity contribution >= 4 is 34.9 Å². The maximum Gasteiger partial charge on any atom is 0.342 e. The van der Waals surface area contributed by atoms with Gasteiger partial charge in [0.15, 0.2) is 6.61 Å². The number of methoxy groups -OCH3 is 1. The number of nitrogens with zero attached hydrogens (tertiary/aromatic N) is 1. The molecule has 3 N–H and O–H groups in total. The predicted octanol–water partition coefficient (Wildman–Crippen LogP) is 2.60. The summed E-state index contributed by atoms with van der Waals surface area (Å²) in [6.07, 6.45) is 0. The lowest BCUT2D eigenvalue weighted by molar-refractivity contribution is -0.119. The van der Waals surface area contributed by atoms with Gasteiger partial charge in [-0.05, 0) is 30.3 Å². The second-order valence-electron chi connectivity index (χ2n) is 4.89. The van der Waals surface area contributed by atoms with Crippen molar-refractivity contribution in [2.45, 2.75) is 0 Å². The molecule has 7 nitrogen and oxygen atoms in total. The van der Waals surface area contributed by atoms with Gasteiger partial charge in [-0.25, -0.2) is 4.79 Å². The fraction of sp³-hybridized carbons (Fsp3) is 0.118. The lowest BCUT2D eigenvalue weighted by Gasteiger charge is -2.11. The number of nitriles is 1. The Morgan fingerprint density at radius 2 is 1.96 bits per heavy atom. The monoisotopic (exact) mass is 359 g/mol. The van der Waals surface area contributed by atoms with E-state index in [0.29, 0.717) is 11.3 Å². The van der Waals surface area contributed by atoms with Crippen LogP contribution >= 0.6 is 11.6 Å². The molecule has 0 heterocycles. The third-order valence-electron chi connectivity index (χ3n) is 3.17. The quantitative estimate of drug-likeness (QED) is 0.626. The molecule has 0 bridgehead atoms. The van der Waals surface area contributed by atoms with Gasteiger partial charge in [0, 0.05) is 11.8 Å². The van der Waals surface area contributed by atoms with Crippen LogP contribution in [0.15, 0.2) is 36.4 Å². The standard InChI is InChI=1S/C17H14ClN3O4/c1-24-15-7-14(20)13(18)6-12(15)17(23)25-9-16(22)21-11-4-2-10(8-19)3-5-11/h2-7H,9,20H2,1H3,(H,21,22). The molecule has 0 aliphatic rings. The van der Waals surface area contributed by atoms with Crippen LogP contribution in [0.5, 0.6) is 5.75 Å². The average molecular weight is 360 g/mol. The Labute approximate surface area is 148 Å². The summed E-state index contributed by atoms with van der Waals surface area (Å²) < 4.78 is 10.0. The van der Waals surface area contributed by atoms with Crippen molar-refractivity contribution in [3.05, 3.63) is 52.5 Å². The molecule has 0 saturated heterocycles. The van der Waals surface area contributed by atoms with Crippen molar-refractivity contribution < 1.29 is 19.1 Å². The fourth-order valence-corrected chi connectivity index (χ4v) is 2.10. The summed E-state index contributed by atoms with van der Waals surface area (Å²) in [7, 11) is 1.37. The molecule has 8 heteroatoms. The Hall–Kier alpha value is -3.24. The van der Waals surface area contributed by atoms with Gasteiger partial charge in [-0.1, -0.05) is 11.6 Å². The van der Waals surface area contributed by atoms with Gasteiger partial charge in [-0.15, -0.1) is 0 Å². The van der Waals surface area contributed by atoms with Gasteiger partial charge < -0.3 is 20.5 Å². The van der Waals surface area contributed by atoms with Gasteiger partial charge in [-0.3, -0.25) is 4.79 Å². The van der Waals surface area contributed by atoms with Crippen molar-refractivity contribution in [1.29, 1.82) is 5.26 Å². The van der Waals surface area contributed by atoms with E-state index in [-0.39, 0.29) is 22.0 Å². The van der Waals surface area contributed by atoms with Crippen LogP contribution in [-0.4, -0.2) is 25.6 Å². The van der Waals surface area contributed by atoms with Crippen LogP contribution in [0.25, 0.3) is 0 Å². The molecule has 2 rings (SSSR count). The highest BCUT2D eigenvalue weighted by atomic mass is 35.5. The predicted molar refractivity (Wildman–Crippen MR) is 92.5 cm³/mol. The minimum Gasteiger partial charge on any atom is -0.496 e. The third-order valence-corrected chi connectivity index (χ3v) is 3.50. The number of anilines is 2. The highest BCUT2D eigenvalue weighted by molar-refractivity contribution is 6.33. The van der Waals surface area contributed by atoms with E-state index in [0.717, 1.165) is 0 Å². The van der Waals surface area contributed by atoms with Gasteiger partial charge in [0.05, 0.1) is 29.5 Å². The van der Waals surface area contributed by atoms with Crippen LogP contribution < -0.4 is 15.8 Å². The summed E-state index contributed by atoms with van der Waals surface area (Å²) >= 11 is 5.89. The lowest BCUT2D eigenvalue weighted by Crippen LogP contribution is -2.21. The summed E-state index contributed by atoms with van der Waals surface area (Å²) in [6, 6.07) is 10.9. The summed E-state index contributed by atoms with van der Waals surface area (Å²) in [5.41, 5.74) is 6.92. The number of rotatable bonds is 5. The first-order valence-electron chi connectivity index (χ1n) is 7.04. The molecule has 0 aliphatic carbocycles. The van der Waals surface area contributed by atoms with E-state index in [1.807, 2.05) is 6.07 Å². The first-order valence-corrected chi connectivity index (χ1v) is 7.42. The molecular weight excluding hydrogens is 346 g/mol. The summed E-state index contributed by atoms with van der Waals surface area (Å²) in [4.78, 5) is 24.0. The number of nitrogens with two attached hydrogens (primary N) is 1. The van der Waals surface area contributed by atoms with Gasteiger partial charge in [0.25, 0.3) is 5.91 Å². The molecule has 0 atom stereocenters. The first-order chi connectivity index (χ1) is 11.9. The number of esters is 1. The fourth-order valence-electron chi connectivity index (χ4n) is 1.93. The van der Waals surface area contributed by atoms with E-state index in [4.69, 9.17) is 32.1 Å². The normalized spacial score (nSPS) is 9.80. The Morgan fingerprint density at radius 3 is 2.56 bits per heavy atom. The summed E-state index contributed by atoms with van der Waals surface area (Å²) in [5.74, 6) is -1.10. The van der Waals surface area contributed by atoms with E-state index in [1.165, 1.54) is 19.2 Å². The Bertz CT molecular complexity index is 844. The maximum atomic E-state index is 12.1. The number of halogens is 1. The number of carbonyl (C=O) groups is 2. The van der Waals surface area contributed by atoms with E-state index in [2.05, 4.69) is 5.32 Å². The molecule has 0 radical (unpaired) electrons. The van der Waals surface area contributed by atoms with E-state index in [1.54, 1.807) is 24.3 Å². The van der Waals surface area contributed by atoms with E-state index >= 15 is 0 Å². The highest BCUT2D eigenvalue weighted by Gasteiger charge is 2.17. The zero-order chi connectivity index (χ0) is 18.4. The van der Waals surface area contributed by atoms with Crippen molar-refractivity contribution in [2.75, 3.05) is 24.8 Å². The second-order valence-corrected chi connectivity index (χ2v) is 5.29. The molecule has 0 unspecified atom stereocenters. The molecule has 2 aromatic carbocycles. The minimum atomic E-state index is -0.770. The molecule has 0 aliphatic heterocycles. The molecular formula is C17H14ClN3O4. The number of nitrogen functional groups attached to an aromatic ring is 1. The van der Waals surface area contributed by atoms with Crippen LogP contribution in [0.1, 0.15) is 15.9 Å². The SMILES string of the molecule is COc1cc(N)c(Cl)cc1C(=O)OCC(=O)Nc1ccc(C#N)cc1. The zero-order valence-electron chi connectivity index (χ0n) is 13.2. The van der Waals surface area contributed by atoms with Crippen LogP contribution in [0.4, 0.5) is 11.4 Å². The van der Waals surface area contributed by atoms with Gasteiger partial charge in [0.2, 0.25) is 0 Å². The number of carbonyl (C=O) groups excluding carboxylic acids is 2. The Balaban J connectivity index is 1.98. The topological polar surface area (TPSA) is 114 Å². The lowest BCUT2D eigenvalue weighted by atomic mass is 10.2. The minimum absolute atomic E-state index is 0.0628. The molecule has 25 heavy (non-hydrogen) atoms. The van der Waals surface area contributed by atoms with E-state index < -0.39 is 18.5 Å². The van der Waals surface area contributed by atoms with Crippen molar-refractivity contribution in [3.8, 4) is 11.8 Å². The average Bonchev–Trinajstić information content (AvgIpc) is 2.62. The molecule has 0 spiro atoms. The zero-order valence-corrected chi connectivity index (χ0v) is 14.0. The second kappa shape index (κ2) is 8.04. The van der Waals surface area contributed by atoms with Crippen LogP contribution in [-0.2, 0) is 9.53 Å². The molecule has 0 aromatic heterocycles. The summed E-state index contributed by atoms with van der Waals surface area (Å²) in [6.45, 7) is -0.496. The number of amides is 1. The number of hydrogen-bond acceptors (Lipinski definition) is 6. The first kappa shape index (κ1) is 18.1. The third kappa shape index (κ3) is 4.62.